The molecule has 7 heteroatoms. The number of aromatic nitrogens is 2. The highest BCUT2D eigenvalue weighted by Gasteiger charge is 2.21. The molecular formula is C19H21N5O2. The van der Waals surface area contributed by atoms with Gasteiger partial charge in [0.25, 0.3) is 5.91 Å². The summed E-state index contributed by atoms with van der Waals surface area (Å²) in [7, 11) is 3.32. The number of nitrogens with zero attached hydrogens (tertiary/aromatic N) is 3. The van der Waals surface area contributed by atoms with Crippen LogP contribution in [0.1, 0.15) is 17.4 Å². The van der Waals surface area contributed by atoms with Gasteiger partial charge in [-0.3, -0.25) is 9.48 Å². The average Bonchev–Trinajstić information content (AvgIpc) is 3.03. The Bertz CT molecular complexity index is 956. The van der Waals surface area contributed by atoms with Crippen molar-refractivity contribution in [1.82, 2.24) is 14.7 Å². The number of anilines is 2. The van der Waals surface area contributed by atoms with Crippen LogP contribution in [0.3, 0.4) is 0 Å². The van der Waals surface area contributed by atoms with Crippen molar-refractivity contribution in [2.24, 2.45) is 0 Å². The van der Waals surface area contributed by atoms with E-state index in [1.807, 2.05) is 49.4 Å². The maximum absolute atomic E-state index is 12.5. The van der Waals surface area contributed by atoms with Gasteiger partial charge in [-0.05, 0) is 18.4 Å². The minimum absolute atomic E-state index is 0.218. The van der Waals surface area contributed by atoms with E-state index in [4.69, 9.17) is 0 Å². The van der Waals surface area contributed by atoms with Crippen LogP contribution in [0.25, 0.3) is 10.8 Å². The van der Waals surface area contributed by atoms with Gasteiger partial charge in [-0.15, -0.1) is 0 Å². The molecule has 26 heavy (non-hydrogen) atoms. The molecule has 0 atom stereocenters. The number of hydrogen-bond donors (Lipinski definition) is 2. The molecule has 3 amide bonds. The van der Waals surface area contributed by atoms with Crippen molar-refractivity contribution in [2.45, 2.75) is 13.5 Å². The predicted molar refractivity (Wildman–Crippen MR) is 103 cm³/mol. The second-order valence-corrected chi connectivity index (χ2v) is 6.03. The van der Waals surface area contributed by atoms with Crippen LogP contribution in [0, 0.1) is 0 Å². The lowest BCUT2D eigenvalue weighted by Crippen LogP contribution is -2.27. The molecule has 0 saturated carbocycles. The van der Waals surface area contributed by atoms with Gasteiger partial charge in [0.15, 0.2) is 0 Å². The maximum Gasteiger partial charge on any atom is 0.323 e. The average molecular weight is 351 g/mol. The van der Waals surface area contributed by atoms with Crippen LogP contribution < -0.4 is 10.6 Å². The van der Waals surface area contributed by atoms with Crippen LogP contribution in [0.4, 0.5) is 16.2 Å². The summed E-state index contributed by atoms with van der Waals surface area (Å²) in [5.74, 6) is -0.218. The Morgan fingerprint density at radius 1 is 1.04 bits per heavy atom. The van der Waals surface area contributed by atoms with Crippen molar-refractivity contribution in [1.29, 1.82) is 0 Å². The van der Waals surface area contributed by atoms with Gasteiger partial charge in [0.1, 0.15) is 5.69 Å². The molecule has 2 N–H and O–H groups in total. The van der Waals surface area contributed by atoms with Crippen LogP contribution in [-0.2, 0) is 6.54 Å². The zero-order valence-corrected chi connectivity index (χ0v) is 15.0. The first-order valence-electron chi connectivity index (χ1n) is 8.34. The molecular weight excluding hydrogens is 330 g/mol. The van der Waals surface area contributed by atoms with E-state index in [2.05, 4.69) is 15.7 Å². The molecule has 0 aliphatic rings. The second kappa shape index (κ2) is 7.26. The molecule has 0 spiro atoms. The number of carbonyl (C=O) groups excluding carboxylic acids is 2. The fourth-order valence-electron chi connectivity index (χ4n) is 2.76. The number of hydrogen-bond acceptors (Lipinski definition) is 3. The Morgan fingerprint density at radius 2 is 1.73 bits per heavy atom. The lowest BCUT2D eigenvalue weighted by molar-refractivity contribution is 0.0816. The summed E-state index contributed by atoms with van der Waals surface area (Å²) in [6.07, 6.45) is 1.49. The van der Waals surface area contributed by atoms with Gasteiger partial charge in [-0.25, -0.2) is 4.79 Å². The fraction of sp³-hybridized carbons (Fsp3) is 0.211. The van der Waals surface area contributed by atoms with E-state index in [0.29, 0.717) is 23.6 Å². The van der Waals surface area contributed by atoms with Gasteiger partial charge >= 0.3 is 6.03 Å². The highest BCUT2D eigenvalue weighted by Crippen LogP contribution is 2.23. The van der Waals surface area contributed by atoms with Crippen LogP contribution in [-0.4, -0.2) is 40.7 Å². The van der Waals surface area contributed by atoms with E-state index < -0.39 is 6.03 Å². The van der Waals surface area contributed by atoms with Gasteiger partial charge in [0.05, 0.1) is 17.6 Å². The van der Waals surface area contributed by atoms with Crippen molar-refractivity contribution < 1.29 is 9.59 Å². The normalized spacial score (nSPS) is 10.6. The van der Waals surface area contributed by atoms with Crippen LogP contribution in [0.5, 0.6) is 0 Å². The predicted octanol–water partition coefficient (Wildman–Crippen LogP) is 3.40. The molecule has 1 heterocycles. The lowest BCUT2D eigenvalue weighted by atomic mass is 10.1. The van der Waals surface area contributed by atoms with Crippen LogP contribution in [0.15, 0.2) is 48.7 Å². The number of nitrogens with one attached hydrogen (secondary N) is 2. The summed E-state index contributed by atoms with van der Waals surface area (Å²) < 4.78 is 1.57. The number of aryl methyl sites for hydroxylation is 1. The van der Waals surface area contributed by atoms with Gasteiger partial charge in [0, 0.05) is 26.0 Å². The van der Waals surface area contributed by atoms with Crippen molar-refractivity contribution >= 4 is 34.1 Å². The fourth-order valence-corrected chi connectivity index (χ4v) is 2.76. The number of rotatable bonds is 4. The first-order valence-corrected chi connectivity index (χ1v) is 8.34. The van der Waals surface area contributed by atoms with E-state index >= 15 is 0 Å². The molecule has 0 aliphatic heterocycles. The van der Waals surface area contributed by atoms with Crippen LogP contribution >= 0.6 is 0 Å². The Morgan fingerprint density at radius 3 is 2.46 bits per heavy atom. The van der Waals surface area contributed by atoms with Gasteiger partial charge in [0.2, 0.25) is 0 Å². The minimum Gasteiger partial charge on any atom is -0.343 e. The van der Waals surface area contributed by atoms with Gasteiger partial charge in [-0.1, -0.05) is 36.4 Å². The molecule has 134 valence electrons. The molecule has 0 unspecified atom stereocenters. The number of benzene rings is 2. The standard InChI is InChI=1S/C19H21N5O2/c1-4-24-17(18(25)23(2)3)16(12-20-24)22-19(26)21-15-11-7-9-13-8-5-6-10-14(13)15/h5-12H,4H2,1-3H3,(H2,21,22,26). The highest BCUT2D eigenvalue weighted by molar-refractivity contribution is 6.08. The first kappa shape index (κ1) is 17.5. The Labute approximate surface area is 151 Å². The van der Waals surface area contributed by atoms with E-state index in [9.17, 15) is 9.59 Å². The Balaban J connectivity index is 1.84. The van der Waals surface area contributed by atoms with Crippen molar-refractivity contribution in [3.63, 3.8) is 0 Å². The summed E-state index contributed by atoms with van der Waals surface area (Å²) in [5, 5.41) is 11.7. The third-order valence-electron chi connectivity index (χ3n) is 4.03. The third kappa shape index (κ3) is 3.37. The van der Waals surface area contributed by atoms with E-state index in [-0.39, 0.29) is 5.91 Å². The molecule has 0 bridgehead atoms. The topological polar surface area (TPSA) is 79.3 Å². The third-order valence-corrected chi connectivity index (χ3v) is 4.03. The summed E-state index contributed by atoms with van der Waals surface area (Å²) >= 11 is 0. The summed E-state index contributed by atoms with van der Waals surface area (Å²) in [6.45, 7) is 2.42. The molecule has 7 nitrogen and oxygen atoms in total. The van der Waals surface area contributed by atoms with E-state index in [1.165, 1.54) is 11.1 Å². The monoisotopic (exact) mass is 351 g/mol. The zero-order chi connectivity index (χ0) is 18.7. The smallest absolute Gasteiger partial charge is 0.323 e. The molecule has 0 saturated heterocycles. The van der Waals surface area contributed by atoms with Crippen molar-refractivity contribution in [3.8, 4) is 0 Å². The zero-order valence-electron chi connectivity index (χ0n) is 15.0. The largest absolute Gasteiger partial charge is 0.343 e. The van der Waals surface area contributed by atoms with Gasteiger partial charge < -0.3 is 15.5 Å². The lowest BCUT2D eigenvalue weighted by Gasteiger charge is -2.14. The molecule has 0 radical (unpaired) electrons. The number of amides is 3. The molecule has 1 aromatic heterocycles. The maximum atomic E-state index is 12.5. The van der Waals surface area contributed by atoms with Crippen LogP contribution in [0.2, 0.25) is 0 Å². The number of fused-ring (bicyclic) bond motifs is 1. The minimum atomic E-state index is -0.426. The second-order valence-electron chi connectivity index (χ2n) is 6.03. The summed E-state index contributed by atoms with van der Waals surface area (Å²) in [6, 6.07) is 13.1. The quantitative estimate of drug-likeness (QED) is 0.756. The molecule has 3 aromatic rings. The Kier molecular flexibility index (Phi) is 4.88. The number of carbonyl (C=O) groups is 2. The summed E-state index contributed by atoms with van der Waals surface area (Å²) in [4.78, 5) is 26.4. The van der Waals surface area contributed by atoms with E-state index in [0.717, 1.165) is 10.8 Å². The van der Waals surface area contributed by atoms with Crippen molar-refractivity contribution in [3.05, 3.63) is 54.4 Å². The van der Waals surface area contributed by atoms with E-state index in [1.54, 1.807) is 18.8 Å². The Hall–Kier alpha value is -3.35. The SMILES string of the molecule is CCn1ncc(NC(=O)Nc2cccc3ccccc23)c1C(=O)N(C)C. The summed E-state index contributed by atoms with van der Waals surface area (Å²) in [5.41, 5.74) is 1.43. The number of urea groups is 1. The first-order chi connectivity index (χ1) is 12.5. The highest BCUT2D eigenvalue weighted by atomic mass is 16.2. The van der Waals surface area contributed by atoms with Crippen molar-refractivity contribution in [2.75, 3.05) is 24.7 Å². The molecule has 2 aromatic carbocycles. The molecule has 0 aliphatic carbocycles. The van der Waals surface area contributed by atoms with Gasteiger partial charge in [-0.2, -0.15) is 5.10 Å². The molecule has 3 rings (SSSR count). The molecule has 0 fully saturated rings.